The second-order valence-corrected chi connectivity index (χ2v) is 4.29. The summed E-state index contributed by atoms with van der Waals surface area (Å²) in [5.74, 6) is -2.38. The topological polar surface area (TPSA) is 106 Å². The maximum atomic E-state index is 12.9. The van der Waals surface area contributed by atoms with Crippen molar-refractivity contribution in [3.05, 3.63) is 30.1 Å². The summed E-state index contributed by atoms with van der Waals surface area (Å²) in [6, 6.07) is 4.29. The van der Waals surface area contributed by atoms with Gasteiger partial charge in [-0.2, -0.15) is 0 Å². The fourth-order valence-corrected chi connectivity index (χ4v) is 1.65. The van der Waals surface area contributed by atoms with Gasteiger partial charge in [0.15, 0.2) is 0 Å². The number of nitrogens with two attached hydrogens (primary N) is 1. The molecule has 0 aliphatic carbocycles. The van der Waals surface area contributed by atoms with Crippen LogP contribution in [0, 0.1) is 5.82 Å². The number of aliphatic carboxylic acids is 1. The minimum atomic E-state index is -1.35. The van der Waals surface area contributed by atoms with E-state index in [0.717, 1.165) is 6.07 Å². The van der Waals surface area contributed by atoms with Crippen LogP contribution in [0.5, 0.6) is 0 Å². The molecule has 0 aromatic heterocycles. The second kappa shape index (κ2) is 8.23. The van der Waals surface area contributed by atoms with Gasteiger partial charge in [0.05, 0.1) is 18.9 Å². The van der Waals surface area contributed by atoms with Crippen LogP contribution < -0.4 is 15.7 Å². The molecule has 7 heteroatoms. The summed E-state index contributed by atoms with van der Waals surface area (Å²) in [6.07, 6.45) is 0.138. The molecule has 1 aromatic carbocycles. The molecule has 20 heavy (non-hydrogen) atoms. The fourth-order valence-electron chi connectivity index (χ4n) is 1.65. The maximum Gasteiger partial charge on any atom is 0.230 e. The van der Waals surface area contributed by atoms with Crippen molar-refractivity contribution in [3.63, 3.8) is 0 Å². The Hall–Kier alpha value is -1.99. The number of carboxylic acids is 1. The standard InChI is InChI=1S/C13H17FN2O4/c14-9-3-1-4-10(7-9)16-12(18)8-11(13(19)20)15-5-2-6-17/h1,3-4,7,11,15,17H,2,5-6,8H2,(H,16,18)(H,19,20)/t11-/m0/s1. The average molecular weight is 284 g/mol. The number of carbonyl (C=O) groups is 2. The molecule has 0 aliphatic rings. The molecule has 0 spiro atoms. The average Bonchev–Trinajstić information content (AvgIpc) is 2.37. The van der Waals surface area contributed by atoms with E-state index < -0.39 is 23.7 Å². The van der Waals surface area contributed by atoms with Crippen LogP contribution in [0.1, 0.15) is 12.8 Å². The largest absolute Gasteiger partial charge is 0.544 e. The van der Waals surface area contributed by atoms with Crippen LogP contribution in [0.3, 0.4) is 0 Å². The Morgan fingerprint density at radius 3 is 2.80 bits per heavy atom. The first kappa shape index (κ1) is 16.1. The van der Waals surface area contributed by atoms with Crippen molar-refractivity contribution in [2.45, 2.75) is 18.9 Å². The summed E-state index contributed by atoms with van der Waals surface area (Å²) in [4.78, 5) is 22.6. The number of rotatable bonds is 8. The third-order valence-corrected chi connectivity index (χ3v) is 2.63. The quantitative estimate of drug-likeness (QED) is 0.491. The van der Waals surface area contributed by atoms with E-state index in [1.54, 1.807) is 0 Å². The highest BCUT2D eigenvalue weighted by Gasteiger charge is 2.18. The number of carboxylic acid groups (broad SMARTS) is 1. The van der Waals surface area contributed by atoms with E-state index >= 15 is 0 Å². The summed E-state index contributed by atoms with van der Waals surface area (Å²) < 4.78 is 12.9. The number of quaternary nitrogens is 1. The molecule has 6 nitrogen and oxygen atoms in total. The lowest BCUT2D eigenvalue weighted by atomic mass is 10.2. The lowest BCUT2D eigenvalue weighted by Gasteiger charge is -2.16. The van der Waals surface area contributed by atoms with Crippen molar-refractivity contribution in [3.8, 4) is 0 Å². The number of benzene rings is 1. The number of anilines is 1. The lowest BCUT2D eigenvalue weighted by Crippen LogP contribution is -2.93. The van der Waals surface area contributed by atoms with Crippen LogP contribution in [-0.4, -0.2) is 36.2 Å². The van der Waals surface area contributed by atoms with Crippen molar-refractivity contribution in [1.82, 2.24) is 0 Å². The summed E-state index contributed by atoms with van der Waals surface area (Å²) >= 11 is 0. The summed E-state index contributed by atoms with van der Waals surface area (Å²) in [5, 5.41) is 23.4. The third-order valence-electron chi connectivity index (χ3n) is 2.63. The van der Waals surface area contributed by atoms with Crippen molar-refractivity contribution >= 4 is 17.6 Å². The summed E-state index contributed by atoms with van der Waals surface area (Å²) in [6.45, 7) is 0.328. The Bertz CT molecular complexity index is 467. The van der Waals surface area contributed by atoms with E-state index in [2.05, 4.69) is 5.32 Å². The number of halogens is 1. The van der Waals surface area contributed by atoms with Gasteiger partial charge >= 0.3 is 0 Å². The number of carbonyl (C=O) groups excluding carboxylic acids is 2. The Morgan fingerprint density at radius 1 is 1.45 bits per heavy atom. The van der Waals surface area contributed by atoms with E-state index in [-0.39, 0.29) is 18.7 Å². The SMILES string of the molecule is O=C(C[C@H]([NH2+]CCCO)C(=O)[O-])Nc1cccc(F)c1. The van der Waals surface area contributed by atoms with E-state index in [4.69, 9.17) is 5.11 Å². The first-order chi connectivity index (χ1) is 9.52. The van der Waals surface area contributed by atoms with Gasteiger partial charge in [0.1, 0.15) is 11.9 Å². The fraction of sp³-hybridized carbons (Fsp3) is 0.385. The molecule has 1 aromatic rings. The second-order valence-electron chi connectivity index (χ2n) is 4.29. The van der Waals surface area contributed by atoms with Gasteiger partial charge in [-0.3, -0.25) is 4.79 Å². The summed E-state index contributed by atoms with van der Waals surface area (Å²) in [7, 11) is 0. The van der Waals surface area contributed by atoms with Crippen LogP contribution in [0.4, 0.5) is 10.1 Å². The number of hydrogen-bond donors (Lipinski definition) is 3. The molecule has 0 aliphatic heterocycles. The zero-order chi connectivity index (χ0) is 15.0. The zero-order valence-electron chi connectivity index (χ0n) is 10.8. The van der Waals surface area contributed by atoms with Gasteiger partial charge in [0.25, 0.3) is 0 Å². The van der Waals surface area contributed by atoms with Gasteiger partial charge in [-0.1, -0.05) is 6.07 Å². The lowest BCUT2D eigenvalue weighted by molar-refractivity contribution is -0.682. The first-order valence-corrected chi connectivity index (χ1v) is 6.23. The van der Waals surface area contributed by atoms with Crippen molar-refractivity contribution in [1.29, 1.82) is 0 Å². The van der Waals surface area contributed by atoms with Crippen molar-refractivity contribution in [2.24, 2.45) is 0 Å². The molecular weight excluding hydrogens is 267 g/mol. The Morgan fingerprint density at radius 2 is 2.20 bits per heavy atom. The Kier molecular flexibility index (Phi) is 6.61. The third kappa shape index (κ3) is 5.77. The zero-order valence-corrected chi connectivity index (χ0v) is 10.8. The molecule has 0 saturated heterocycles. The van der Waals surface area contributed by atoms with Crippen LogP contribution in [0.15, 0.2) is 24.3 Å². The monoisotopic (exact) mass is 284 g/mol. The highest BCUT2D eigenvalue weighted by atomic mass is 19.1. The molecule has 0 fully saturated rings. The van der Waals surface area contributed by atoms with Crippen molar-refractivity contribution in [2.75, 3.05) is 18.5 Å². The van der Waals surface area contributed by atoms with Gasteiger partial charge in [-0.15, -0.1) is 0 Å². The highest BCUT2D eigenvalue weighted by molar-refractivity contribution is 5.93. The molecule has 1 amide bonds. The number of aliphatic hydroxyl groups is 1. The first-order valence-electron chi connectivity index (χ1n) is 6.23. The van der Waals surface area contributed by atoms with Gasteiger partial charge in [0, 0.05) is 18.7 Å². The number of nitrogens with one attached hydrogen (secondary N) is 1. The number of amides is 1. The molecular formula is C13H17FN2O4. The number of aliphatic hydroxyl groups excluding tert-OH is 1. The van der Waals surface area contributed by atoms with Crippen LogP contribution in [0.25, 0.3) is 0 Å². The van der Waals surface area contributed by atoms with E-state index in [9.17, 15) is 19.1 Å². The van der Waals surface area contributed by atoms with Crippen LogP contribution >= 0.6 is 0 Å². The molecule has 0 heterocycles. The van der Waals surface area contributed by atoms with Crippen LogP contribution in [-0.2, 0) is 9.59 Å². The number of hydrogen-bond acceptors (Lipinski definition) is 4. The van der Waals surface area contributed by atoms with E-state index in [1.807, 2.05) is 0 Å². The van der Waals surface area contributed by atoms with Gasteiger partial charge in [-0.05, 0) is 18.2 Å². The summed E-state index contributed by atoms with van der Waals surface area (Å²) in [5.41, 5.74) is 0.266. The molecule has 0 saturated carbocycles. The van der Waals surface area contributed by atoms with Gasteiger partial charge < -0.3 is 25.6 Å². The van der Waals surface area contributed by atoms with Crippen LogP contribution in [0.2, 0.25) is 0 Å². The Labute approximate surface area is 115 Å². The minimum Gasteiger partial charge on any atom is -0.544 e. The molecule has 1 rings (SSSR count). The van der Waals surface area contributed by atoms with Gasteiger partial charge in [0.2, 0.25) is 5.91 Å². The van der Waals surface area contributed by atoms with E-state index in [1.165, 1.54) is 23.5 Å². The highest BCUT2D eigenvalue weighted by Crippen LogP contribution is 2.09. The molecule has 4 N–H and O–H groups in total. The molecule has 0 unspecified atom stereocenters. The normalized spacial score (nSPS) is 11.9. The smallest absolute Gasteiger partial charge is 0.230 e. The van der Waals surface area contributed by atoms with Gasteiger partial charge in [-0.25, -0.2) is 4.39 Å². The maximum absolute atomic E-state index is 12.9. The van der Waals surface area contributed by atoms with E-state index in [0.29, 0.717) is 13.0 Å². The Balaban J connectivity index is 2.51. The van der Waals surface area contributed by atoms with Crippen molar-refractivity contribution < 1.29 is 29.5 Å². The molecule has 0 bridgehead atoms. The molecule has 1 atom stereocenters. The molecule has 0 radical (unpaired) electrons. The predicted octanol–water partition coefficient (Wildman–Crippen LogP) is -1.78. The predicted molar refractivity (Wildman–Crippen MR) is 66.9 cm³/mol. The molecule has 110 valence electrons. The minimum absolute atomic E-state index is 0.0498.